The molecule has 0 aliphatic carbocycles. The smallest absolute Gasteiger partial charge is 0.153 e. The Labute approximate surface area is 128 Å². The summed E-state index contributed by atoms with van der Waals surface area (Å²) in [5.41, 5.74) is 4.63. The minimum Gasteiger partial charge on any atom is -0.459 e. The van der Waals surface area contributed by atoms with Crippen LogP contribution >= 0.6 is 11.6 Å². The third kappa shape index (κ3) is 2.35. The largest absolute Gasteiger partial charge is 0.459 e. The quantitative estimate of drug-likeness (QED) is 0.762. The van der Waals surface area contributed by atoms with E-state index in [9.17, 15) is 0 Å². The van der Waals surface area contributed by atoms with E-state index in [1.165, 1.54) is 16.7 Å². The van der Waals surface area contributed by atoms with Gasteiger partial charge in [0.2, 0.25) is 0 Å². The first-order valence-electron chi connectivity index (χ1n) is 7.28. The lowest BCUT2D eigenvalue weighted by atomic mass is 10.0. The number of rotatable bonds is 2. The van der Waals surface area contributed by atoms with Gasteiger partial charge in [-0.1, -0.05) is 41.9 Å². The number of hydrogen-bond acceptors (Lipinski definition) is 2. The average molecular weight is 298 g/mol. The van der Waals surface area contributed by atoms with Crippen molar-refractivity contribution in [1.29, 1.82) is 0 Å². The molecule has 21 heavy (non-hydrogen) atoms. The Morgan fingerprint density at radius 2 is 1.95 bits per heavy atom. The monoisotopic (exact) mass is 297 g/mol. The molecule has 1 N–H and O–H groups in total. The van der Waals surface area contributed by atoms with Crippen molar-refractivity contribution in [2.75, 3.05) is 6.54 Å². The number of benzene rings is 2. The van der Waals surface area contributed by atoms with Crippen molar-refractivity contribution >= 4 is 22.6 Å². The van der Waals surface area contributed by atoms with E-state index < -0.39 is 0 Å². The van der Waals surface area contributed by atoms with Crippen LogP contribution < -0.4 is 5.32 Å². The fourth-order valence-electron chi connectivity index (χ4n) is 3.06. The first kappa shape index (κ1) is 12.9. The molecule has 0 saturated carbocycles. The molecule has 3 aromatic rings. The Kier molecular flexibility index (Phi) is 3.21. The standard InChI is InChI=1S/C18H16ClNO/c19-16-10-13(8-12-4-2-1-3-5-12)9-14-15-11-20-7-6-17(15)21-18(14)16/h1-5,9-10,20H,6-8,11H2. The summed E-state index contributed by atoms with van der Waals surface area (Å²) < 4.78 is 5.95. The topological polar surface area (TPSA) is 25.2 Å². The van der Waals surface area contributed by atoms with E-state index in [0.29, 0.717) is 5.02 Å². The lowest BCUT2D eigenvalue weighted by Crippen LogP contribution is -2.22. The molecule has 0 spiro atoms. The molecule has 1 aliphatic rings. The van der Waals surface area contributed by atoms with Gasteiger partial charge in [0, 0.05) is 30.5 Å². The van der Waals surface area contributed by atoms with Gasteiger partial charge < -0.3 is 9.73 Å². The van der Waals surface area contributed by atoms with Crippen LogP contribution in [0.1, 0.15) is 22.5 Å². The van der Waals surface area contributed by atoms with E-state index in [2.05, 4.69) is 35.6 Å². The summed E-state index contributed by atoms with van der Waals surface area (Å²) in [4.78, 5) is 0. The summed E-state index contributed by atoms with van der Waals surface area (Å²) in [6, 6.07) is 14.7. The Bertz CT molecular complexity index is 792. The average Bonchev–Trinajstić information content (AvgIpc) is 2.88. The van der Waals surface area contributed by atoms with Gasteiger partial charge in [-0.2, -0.15) is 0 Å². The van der Waals surface area contributed by atoms with Gasteiger partial charge in [-0.05, 0) is 29.7 Å². The van der Waals surface area contributed by atoms with Crippen molar-refractivity contribution in [3.63, 3.8) is 0 Å². The van der Waals surface area contributed by atoms with Crippen LogP contribution in [0.3, 0.4) is 0 Å². The van der Waals surface area contributed by atoms with Crippen LogP contribution in [0.2, 0.25) is 5.02 Å². The van der Waals surface area contributed by atoms with Crippen LogP contribution in [0.15, 0.2) is 46.9 Å². The molecule has 0 radical (unpaired) electrons. The molecule has 0 fully saturated rings. The summed E-state index contributed by atoms with van der Waals surface area (Å²) in [5.74, 6) is 1.09. The highest BCUT2D eigenvalue weighted by molar-refractivity contribution is 6.35. The second-order valence-corrected chi connectivity index (χ2v) is 5.95. The van der Waals surface area contributed by atoms with Gasteiger partial charge in [-0.25, -0.2) is 0 Å². The molecule has 0 bridgehead atoms. The number of halogens is 1. The first-order chi connectivity index (χ1) is 10.3. The number of hydrogen-bond donors (Lipinski definition) is 1. The molecule has 0 unspecified atom stereocenters. The molecule has 0 atom stereocenters. The maximum absolute atomic E-state index is 6.43. The summed E-state index contributed by atoms with van der Waals surface area (Å²) in [5, 5.41) is 5.28. The van der Waals surface area contributed by atoms with E-state index in [1.54, 1.807) is 0 Å². The maximum atomic E-state index is 6.43. The van der Waals surface area contributed by atoms with Crippen molar-refractivity contribution in [2.45, 2.75) is 19.4 Å². The van der Waals surface area contributed by atoms with E-state index in [0.717, 1.165) is 42.7 Å². The zero-order valence-electron chi connectivity index (χ0n) is 11.7. The highest BCUT2D eigenvalue weighted by atomic mass is 35.5. The fourth-order valence-corrected chi connectivity index (χ4v) is 3.34. The third-order valence-electron chi connectivity index (χ3n) is 4.07. The lowest BCUT2D eigenvalue weighted by Gasteiger charge is -2.11. The molecule has 1 aromatic heterocycles. The summed E-state index contributed by atoms with van der Waals surface area (Å²) in [6.07, 6.45) is 1.83. The highest BCUT2D eigenvalue weighted by Gasteiger charge is 2.19. The van der Waals surface area contributed by atoms with Crippen LogP contribution in [-0.4, -0.2) is 6.54 Å². The first-order valence-corrected chi connectivity index (χ1v) is 7.66. The molecule has 0 saturated heterocycles. The molecule has 3 heteroatoms. The van der Waals surface area contributed by atoms with Gasteiger partial charge in [-0.15, -0.1) is 0 Å². The zero-order chi connectivity index (χ0) is 14.2. The normalized spacial score (nSPS) is 14.3. The van der Waals surface area contributed by atoms with Gasteiger partial charge in [0.1, 0.15) is 5.76 Å². The van der Waals surface area contributed by atoms with E-state index >= 15 is 0 Å². The van der Waals surface area contributed by atoms with Gasteiger partial charge in [0.15, 0.2) is 5.58 Å². The summed E-state index contributed by atoms with van der Waals surface area (Å²) in [7, 11) is 0. The molecular formula is C18H16ClNO. The van der Waals surface area contributed by atoms with Crippen molar-refractivity contribution < 1.29 is 4.42 Å². The Morgan fingerprint density at radius 1 is 1.10 bits per heavy atom. The van der Waals surface area contributed by atoms with Crippen LogP contribution in [0.4, 0.5) is 0 Å². The van der Waals surface area contributed by atoms with Crippen LogP contribution in [-0.2, 0) is 19.4 Å². The molecular weight excluding hydrogens is 282 g/mol. The molecule has 2 heterocycles. The Hall–Kier alpha value is -1.77. The van der Waals surface area contributed by atoms with E-state index in [1.807, 2.05) is 12.1 Å². The fraction of sp³-hybridized carbons (Fsp3) is 0.222. The zero-order valence-corrected chi connectivity index (χ0v) is 12.4. The molecule has 2 nitrogen and oxygen atoms in total. The van der Waals surface area contributed by atoms with Crippen molar-refractivity contribution in [3.8, 4) is 0 Å². The van der Waals surface area contributed by atoms with E-state index in [4.69, 9.17) is 16.0 Å². The second kappa shape index (κ2) is 5.21. The minimum absolute atomic E-state index is 0.716. The maximum Gasteiger partial charge on any atom is 0.153 e. The number of furan rings is 1. The molecule has 2 aromatic carbocycles. The summed E-state index contributed by atoms with van der Waals surface area (Å²) in [6.45, 7) is 1.84. The minimum atomic E-state index is 0.716. The van der Waals surface area contributed by atoms with Crippen LogP contribution in [0.5, 0.6) is 0 Å². The summed E-state index contributed by atoms with van der Waals surface area (Å²) >= 11 is 6.43. The van der Waals surface area contributed by atoms with Gasteiger partial charge in [0.05, 0.1) is 5.02 Å². The van der Waals surface area contributed by atoms with Crippen molar-refractivity contribution in [3.05, 3.63) is 69.9 Å². The Morgan fingerprint density at radius 3 is 2.81 bits per heavy atom. The van der Waals surface area contributed by atoms with Crippen molar-refractivity contribution in [2.24, 2.45) is 0 Å². The van der Waals surface area contributed by atoms with Gasteiger partial charge >= 0.3 is 0 Å². The van der Waals surface area contributed by atoms with Crippen LogP contribution in [0.25, 0.3) is 11.0 Å². The molecule has 1 aliphatic heterocycles. The van der Waals surface area contributed by atoms with Gasteiger partial charge in [-0.3, -0.25) is 0 Å². The molecule has 106 valence electrons. The SMILES string of the molecule is Clc1cc(Cc2ccccc2)cc2c3c(oc12)CCNC3. The highest BCUT2D eigenvalue weighted by Crippen LogP contribution is 2.34. The van der Waals surface area contributed by atoms with E-state index in [-0.39, 0.29) is 0 Å². The third-order valence-corrected chi connectivity index (χ3v) is 4.35. The second-order valence-electron chi connectivity index (χ2n) is 5.55. The van der Waals surface area contributed by atoms with Gasteiger partial charge in [0.25, 0.3) is 0 Å². The number of fused-ring (bicyclic) bond motifs is 3. The predicted octanol–water partition coefficient (Wildman–Crippen LogP) is 4.32. The molecule has 0 amide bonds. The lowest BCUT2D eigenvalue weighted by molar-refractivity contribution is 0.500. The number of nitrogens with one attached hydrogen (secondary N) is 1. The Balaban J connectivity index is 1.80. The van der Waals surface area contributed by atoms with Crippen molar-refractivity contribution in [1.82, 2.24) is 5.32 Å². The molecule has 4 rings (SSSR count). The predicted molar refractivity (Wildman–Crippen MR) is 85.9 cm³/mol. The van der Waals surface area contributed by atoms with Crippen LogP contribution in [0, 0.1) is 0 Å².